The van der Waals surface area contributed by atoms with E-state index in [-0.39, 0.29) is 29.0 Å². The molecule has 1 N–H and O–H groups in total. The molecule has 1 aromatic heterocycles. The van der Waals surface area contributed by atoms with E-state index in [4.69, 9.17) is 20.8 Å². The zero-order valence-electron chi connectivity index (χ0n) is 9.03. The molecule has 16 heavy (non-hydrogen) atoms. The normalized spacial score (nSPS) is 24.6. The van der Waals surface area contributed by atoms with Crippen LogP contribution in [-0.2, 0) is 4.74 Å². The van der Waals surface area contributed by atoms with Crippen molar-refractivity contribution in [2.75, 3.05) is 7.11 Å². The number of nitrogens with one attached hydrogen (secondary N) is 1. The van der Waals surface area contributed by atoms with Gasteiger partial charge in [-0.2, -0.15) is 0 Å². The first kappa shape index (κ1) is 11.5. The fraction of sp³-hybridized carbons (Fsp3) is 0.545. The number of methoxy groups -OCH3 is 1. The van der Waals surface area contributed by atoms with Crippen LogP contribution in [0.15, 0.2) is 16.5 Å². The lowest BCUT2D eigenvalue weighted by molar-refractivity contribution is 0.0889. The molecule has 0 saturated heterocycles. The molecule has 0 bridgehead atoms. The highest BCUT2D eigenvalue weighted by Gasteiger charge is 2.26. The highest BCUT2D eigenvalue weighted by Crippen LogP contribution is 2.22. The summed E-state index contributed by atoms with van der Waals surface area (Å²) >= 11 is 5.60. The molecular formula is C11H14ClNO3. The highest BCUT2D eigenvalue weighted by molar-refractivity contribution is 6.29. The van der Waals surface area contributed by atoms with E-state index in [9.17, 15) is 4.79 Å². The van der Waals surface area contributed by atoms with Crippen molar-refractivity contribution >= 4 is 17.5 Å². The molecule has 0 aromatic carbocycles. The molecule has 2 unspecified atom stereocenters. The Morgan fingerprint density at radius 3 is 2.94 bits per heavy atom. The molecule has 88 valence electrons. The molecule has 1 amide bonds. The maximum absolute atomic E-state index is 11.7. The second-order valence-electron chi connectivity index (χ2n) is 3.94. The Bertz CT molecular complexity index is 377. The van der Waals surface area contributed by atoms with Gasteiger partial charge in [0.2, 0.25) is 0 Å². The van der Waals surface area contributed by atoms with Gasteiger partial charge in [-0.05, 0) is 43.0 Å². The molecule has 0 spiro atoms. The van der Waals surface area contributed by atoms with Gasteiger partial charge in [0.25, 0.3) is 5.91 Å². The fourth-order valence-corrected chi connectivity index (χ4v) is 2.12. The SMILES string of the molecule is COC1CCC(NC(=O)c2ccc(Cl)o2)C1. The van der Waals surface area contributed by atoms with E-state index in [1.165, 1.54) is 0 Å². The Hall–Kier alpha value is -1.00. The number of carbonyl (C=O) groups excluding carboxylic acids is 1. The fourth-order valence-electron chi connectivity index (χ4n) is 1.98. The van der Waals surface area contributed by atoms with Crippen molar-refractivity contribution < 1.29 is 13.9 Å². The first-order valence-corrected chi connectivity index (χ1v) is 5.66. The molecule has 2 rings (SSSR count). The summed E-state index contributed by atoms with van der Waals surface area (Å²) in [5.41, 5.74) is 0. The van der Waals surface area contributed by atoms with Gasteiger partial charge in [-0.1, -0.05) is 0 Å². The van der Waals surface area contributed by atoms with Gasteiger partial charge in [0.1, 0.15) is 0 Å². The monoisotopic (exact) mass is 243 g/mol. The van der Waals surface area contributed by atoms with Gasteiger partial charge in [-0.15, -0.1) is 0 Å². The minimum atomic E-state index is -0.214. The topological polar surface area (TPSA) is 51.5 Å². The molecule has 1 heterocycles. The Kier molecular flexibility index (Phi) is 3.51. The van der Waals surface area contributed by atoms with Crippen LogP contribution in [0, 0.1) is 0 Å². The zero-order valence-corrected chi connectivity index (χ0v) is 9.79. The lowest BCUT2D eigenvalue weighted by Crippen LogP contribution is -2.33. The van der Waals surface area contributed by atoms with Gasteiger partial charge in [-0.3, -0.25) is 4.79 Å². The van der Waals surface area contributed by atoms with E-state index in [0.29, 0.717) is 0 Å². The van der Waals surface area contributed by atoms with Crippen molar-refractivity contribution in [2.45, 2.75) is 31.4 Å². The van der Waals surface area contributed by atoms with E-state index in [1.807, 2.05) is 0 Å². The van der Waals surface area contributed by atoms with Crippen LogP contribution in [0.4, 0.5) is 0 Å². The number of hydrogen-bond acceptors (Lipinski definition) is 3. The molecule has 0 aliphatic heterocycles. The highest BCUT2D eigenvalue weighted by atomic mass is 35.5. The number of rotatable bonds is 3. The molecule has 2 atom stereocenters. The van der Waals surface area contributed by atoms with Crippen molar-refractivity contribution in [1.82, 2.24) is 5.32 Å². The summed E-state index contributed by atoms with van der Waals surface area (Å²) in [6.45, 7) is 0. The van der Waals surface area contributed by atoms with Crippen molar-refractivity contribution in [3.63, 3.8) is 0 Å². The van der Waals surface area contributed by atoms with E-state index < -0.39 is 0 Å². The minimum Gasteiger partial charge on any atom is -0.440 e. The first-order chi connectivity index (χ1) is 7.69. The van der Waals surface area contributed by atoms with Gasteiger partial charge in [0.05, 0.1) is 6.10 Å². The van der Waals surface area contributed by atoms with Crippen LogP contribution in [0.25, 0.3) is 0 Å². The number of hydrogen-bond donors (Lipinski definition) is 1. The molecule has 1 saturated carbocycles. The molecule has 1 fully saturated rings. The van der Waals surface area contributed by atoms with Crippen LogP contribution in [0.3, 0.4) is 0 Å². The predicted molar refractivity (Wildman–Crippen MR) is 59.6 cm³/mol. The number of carbonyl (C=O) groups is 1. The summed E-state index contributed by atoms with van der Waals surface area (Å²) in [4.78, 5) is 11.7. The number of amides is 1. The molecule has 1 aliphatic carbocycles. The quantitative estimate of drug-likeness (QED) is 0.886. The lowest BCUT2D eigenvalue weighted by Gasteiger charge is -2.11. The first-order valence-electron chi connectivity index (χ1n) is 5.28. The third-order valence-corrected chi connectivity index (χ3v) is 3.05. The molecule has 0 radical (unpaired) electrons. The van der Waals surface area contributed by atoms with E-state index in [2.05, 4.69) is 5.32 Å². The largest absolute Gasteiger partial charge is 0.440 e. The Morgan fingerprint density at radius 2 is 2.38 bits per heavy atom. The third kappa shape index (κ3) is 2.57. The third-order valence-electron chi connectivity index (χ3n) is 2.85. The standard InChI is InChI=1S/C11H14ClNO3/c1-15-8-3-2-7(6-8)13-11(14)9-4-5-10(12)16-9/h4-5,7-8H,2-3,6H2,1H3,(H,13,14). The van der Waals surface area contributed by atoms with Gasteiger partial charge < -0.3 is 14.5 Å². The maximum atomic E-state index is 11.7. The molecular weight excluding hydrogens is 230 g/mol. The molecule has 1 aliphatic rings. The van der Waals surface area contributed by atoms with Gasteiger partial charge >= 0.3 is 0 Å². The van der Waals surface area contributed by atoms with Crippen LogP contribution in [-0.4, -0.2) is 25.2 Å². The van der Waals surface area contributed by atoms with Crippen molar-refractivity contribution in [1.29, 1.82) is 0 Å². The van der Waals surface area contributed by atoms with E-state index >= 15 is 0 Å². The summed E-state index contributed by atoms with van der Waals surface area (Å²) < 4.78 is 10.3. The van der Waals surface area contributed by atoms with Crippen LogP contribution < -0.4 is 5.32 Å². The maximum Gasteiger partial charge on any atom is 0.287 e. The van der Waals surface area contributed by atoms with Crippen molar-refractivity contribution in [3.8, 4) is 0 Å². The van der Waals surface area contributed by atoms with E-state index in [1.54, 1.807) is 19.2 Å². The average Bonchev–Trinajstić information content (AvgIpc) is 2.87. The molecule has 5 heteroatoms. The second-order valence-corrected chi connectivity index (χ2v) is 4.32. The number of halogens is 1. The number of furan rings is 1. The summed E-state index contributed by atoms with van der Waals surface area (Å²) in [5, 5.41) is 3.13. The van der Waals surface area contributed by atoms with Crippen LogP contribution in [0.2, 0.25) is 5.22 Å². The Morgan fingerprint density at radius 1 is 1.56 bits per heavy atom. The average molecular weight is 244 g/mol. The van der Waals surface area contributed by atoms with Gasteiger partial charge in [0.15, 0.2) is 11.0 Å². The summed E-state index contributed by atoms with van der Waals surface area (Å²) in [7, 11) is 1.70. The Labute approximate surface area is 98.9 Å². The van der Waals surface area contributed by atoms with Crippen LogP contribution in [0.1, 0.15) is 29.8 Å². The summed E-state index contributed by atoms with van der Waals surface area (Å²) in [6, 6.07) is 3.30. The minimum absolute atomic E-state index is 0.168. The summed E-state index contributed by atoms with van der Waals surface area (Å²) in [6.07, 6.45) is 3.04. The lowest BCUT2D eigenvalue weighted by atomic mass is 10.2. The molecule has 4 nitrogen and oxygen atoms in total. The second kappa shape index (κ2) is 4.89. The van der Waals surface area contributed by atoms with E-state index in [0.717, 1.165) is 19.3 Å². The smallest absolute Gasteiger partial charge is 0.287 e. The van der Waals surface area contributed by atoms with Crippen LogP contribution in [0.5, 0.6) is 0 Å². The Balaban J connectivity index is 1.89. The molecule has 1 aromatic rings. The predicted octanol–water partition coefficient (Wildman–Crippen LogP) is 2.23. The summed E-state index contributed by atoms with van der Waals surface area (Å²) in [5.74, 6) is 0.0412. The van der Waals surface area contributed by atoms with Gasteiger partial charge in [0, 0.05) is 13.2 Å². The number of ether oxygens (including phenoxy) is 1. The van der Waals surface area contributed by atoms with Crippen molar-refractivity contribution in [3.05, 3.63) is 23.1 Å². The van der Waals surface area contributed by atoms with Crippen molar-refractivity contribution in [2.24, 2.45) is 0 Å². The van der Waals surface area contributed by atoms with Gasteiger partial charge in [-0.25, -0.2) is 0 Å². The van der Waals surface area contributed by atoms with Crippen LogP contribution >= 0.6 is 11.6 Å². The zero-order chi connectivity index (χ0) is 11.5.